The Balaban J connectivity index is 2.14. The van der Waals surface area contributed by atoms with Crippen LogP contribution in [0.2, 0.25) is 0 Å². The zero-order valence-electron chi connectivity index (χ0n) is 13.9. The highest BCUT2D eigenvalue weighted by molar-refractivity contribution is 6.08. The summed E-state index contributed by atoms with van der Waals surface area (Å²) in [5.41, 5.74) is 3.72. The van der Waals surface area contributed by atoms with Gasteiger partial charge >= 0.3 is 0 Å². The fourth-order valence-corrected chi connectivity index (χ4v) is 2.53. The van der Waals surface area contributed by atoms with Gasteiger partial charge < -0.3 is 4.74 Å². The zero-order valence-corrected chi connectivity index (χ0v) is 13.9. The molecule has 0 aliphatic rings. The van der Waals surface area contributed by atoms with E-state index < -0.39 is 0 Å². The Labute approximate surface area is 136 Å². The number of hydrogen-bond donors (Lipinski definition) is 0. The topological polar surface area (TPSA) is 9.23 Å². The maximum atomic E-state index is 5.74. The van der Waals surface area contributed by atoms with E-state index in [9.17, 15) is 0 Å². The van der Waals surface area contributed by atoms with Gasteiger partial charge in [-0.1, -0.05) is 75.5 Å². The third-order valence-electron chi connectivity index (χ3n) is 4.25. The van der Waals surface area contributed by atoms with E-state index in [-0.39, 0.29) is 5.41 Å². The molecule has 0 spiro atoms. The molecule has 0 saturated carbocycles. The summed E-state index contributed by atoms with van der Waals surface area (Å²) in [4.78, 5) is 0. The molecule has 2 heteroatoms. The van der Waals surface area contributed by atoms with Crippen LogP contribution in [0.1, 0.15) is 50.3 Å². The standard InChI is InChI=1S/C20H25BO/c1-4-5-14-22-19-12-10-18(11-13-19)20(2,3)17-8-6-16(15-21)7-9-17/h6-13H,4-5,14-15H2,1-3H3. The Hall–Kier alpha value is -1.70. The average Bonchev–Trinajstić information content (AvgIpc) is 2.55. The van der Waals surface area contributed by atoms with Gasteiger partial charge in [-0.15, -0.1) is 0 Å². The molecule has 0 amide bonds. The largest absolute Gasteiger partial charge is 0.494 e. The Bertz CT molecular complexity index is 570. The van der Waals surface area contributed by atoms with E-state index >= 15 is 0 Å². The summed E-state index contributed by atoms with van der Waals surface area (Å²) in [6, 6.07) is 17.0. The van der Waals surface area contributed by atoms with Gasteiger partial charge in [-0.25, -0.2) is 0 Å². The van der Waals surface area contributed by atoms with Crippen LogP contribution in [0.25, 0.3) is 0 Å². The van der Waals surface area contributed by atoms with Crippen molar-refractivity contribution in [3.8, 4) is 5.75 Å². The Kier molecular flexibility index (Phi) is 5.71. The second-order valence-corrected chi connectivity index (χ2v) is 6.25. The molecule has 2 aromatic rings. The van der Waals surface area contributed by atoms with Crippen molar-refractivity contribution in [2.24, 2.45) is 0 Å². The predicted octanol–water partition coefficient (Wildman–Crippen LogP) is 4.86. The van der Waals surface area contributed by atoms with Crippen LogP contribution < -0.4 is 4.74 Å². The van der Waals surface area contributed by atoms with Gasteiger partial charge in [-0.3, -0.25) is 0 Å². The minimum absolute atomic E-state index is 0.0327. The molecule has 0 unspecified atom stereocenters. The van der Waals surface area contributed by atoms with Crippen molar-refractivity contribution in [2.75, 3.05) is 6.61 Å². The molecule has 114 valence electrons. The molecule has 2 radical (unpaired) electrons. The van der Waals surface area contributed by atoms with Crippen LogP contribution >= 0.6 is 0 Å². The van der Waals surface area contributed by atoms with E-state index in [2.05, 4.69) is 69.3 Å². The first-order valence-electron chi connectivity index (χ1n) is 8.10. The van der Waals surface area contributed by atoms with Crippen LogP contribution in [0.4, 0.5) is 0 Å². The van der Waals surface area contributed by atoms with E-state index in [1.807, 2.05) is 0 Å². The fourth-order valence-electron chi connectivity index (χ4n) is 2.53. The van der Waals surface area contributed by atoms with E-state index in [1.165, 1.54) is 16.7 Å². The molecule has 0 saturated heterocycles. The second kappa shape index (κ2) is 7.53. The summed E-state index contributed by atoms with van der Waals surface area (Å²) < 4.78 is 5.74. The number of ether oxygens (including phenoxy) is 1. The van der Waals surface area contributed by atoms with Crippen molar-refractivity contribution in [3.63, 3.8) is 0 Å². The highest BCUT2D eigenvalue weighted by Gasteiger charge is 2.22. The molecule has 0 aliphatic carbocycles. The molecule has 2 rings (SSSR count). The number of unbranched alkanes of at least 4 members (excludes halogenated alkanes) is 1. The van der Waals surface area contributed by atoms with Crippen LogP contribution in [0.3, 0.4) is 0 Å². The third kappa shape index (κ3) is 3.94. The number of rotatable bonds is 7. The molecule has 1 nitrogen and oxygen atoms in total. The molecule has 0 aromatic heterocycles. The van der Waals surface area contributed by atoms with E-state index in [4.69, 9.17) is 12.6 Å². The van der Waals surface area contributed by atoms with Crippen molar-refractivity contribution in [1.29, 1.82) is 0 Å². The molecule has 0 fully saturated rings. The Morgan fingerprint density at radius 2 is 1.45 bits per heavy atom. The van der Waals surface area contributed by atoms with Crippen molar-refractivity contribution in [1.82, 2.24) is 0 Å². The summed E-state index contributed by atoms with van der Waals surface area (Å²) in [5.74, 6) is 0.950. The second-order valence-electron chi connectivity index (χ2n) is 6.25. The molecule has 22 heavy (non-hydrogen) atoms. The van der Waals surface area contributed by atoms with Gasteiger partial charge in [0.05, 0.1) is 14.5 Å². The summed E-state index contributed by atoms with van der Waals surface area (Å²) in [6.07, 6.45) is 2.84. The molecular formula is C20H25BO. The van der Waals surface area contributed by atoms with Crippen LogP contribution in [0, 0.1) is 0 Å². The van der Waals surface area contributed by atoms with Gasteiger partial charge in [0.15, 0.2) is 0 Å². The molecule has 0 bridgehead atoms. The molecule has 0 N–H and O–H groups in total. The van der Waals surface area contributed by atoms with Crippen molar-refractivity contribution >= 4 is 7.85 Å². The highest BCUT2D eigenvalue weighted by Crippen LogP contribution is 2.32. The first-order valence-corrected chi connectivity index (χ1v) is 8.10. The molecular weight excluding hydrogens is 267 g/mol. The van der Waals surface area contributed by atoms with E-state index in [0.29, 0.717) is 6.32 Å². The van der Waals surface area contributed by atoms with Crippen LogP contribution in [0.15, 0.2) is 48.5 Å². The molecule has 2 aromatic carbocycles. The smallest absolute Gasteiger partial charge is 0.119 e. The quantitative estimate of drug-likeness (QED) is 0.523. The summed E-state index contributed by atoms with van der Waals surface area (Å²) in [6.45, 7) is 7.46. The minimum atomic E-state index is -0.0327. The molecule has 0 aliphatic heterocycles. The number of benzene rings is 2. The molecule has 0 heterocycles. The maximum absolute atomic E-state index is 5.74. The predicted molar refractivity (Wildman–Crippen MR) is 94.9 cm³/mol. The van der Waals surface area contributed by atoms with Gasteiger partial charge in [0, 0.05) is 5.41 Å². The first-order chi connectivity index (χ1) is 10.6. The van der Waals surface area contributed by atoms with Gasteiger partial charge in [0.1, 0.15) is 5.75 Å². The number of hydrogen-bond acceptors (Lipinski definition) is 1. The van der Waals surface area contributed by atoms with Crippen molar-refractivity contribution in [3.05, 3.63) is 65.2 Å². The van der Waals surface area contributed by atoms with Gasteiger partial charge in [-0.2, -0.15) is 0 Å². The lowest BCUT2D eigenvalue weighted by Gasteiger charge is -2.26. The third-order valence-corrected chi connectivity index (χ3v) is 4.25. The summed E-state index contributed by atoms with van der Waals surface area (Å²) in [7, 11) is 5.67. The minimum Gasteiger partial charge on any atom is -0.494 e. The Morgan fingerprint density at radius 1 is 0.909 bits per heavy atom. The first kappa shape index (κ1) is 16.7. The molecule has 0 atom stereocenters. The SMILES string of the molecule is [B]Cc1ccc(C(C)(C)c2ccc(OCCCC)cc2)cc1. The fraction of sp³-hybridized carbons (Fsp3) is 0.400. The lowest BCUT2D eigenvalue weighted by molar-refractivity contribution is 0.309. The normalized spacial score (nSPS) is 11.4. The van der Waals surface area contributed by atoms with Crippen molar-refractivity contribution < 1.29 is 4.74 Å². The van der Waals surface area contributed by atoms with Crippen LogP contribution in [0.5, 0.6) is 5.75 Å². The maximum Gasteiger partial charge on any atom is 0.119 e. The van der Waals surface area contributed by atoms with E-state index in [0.717, 1.165) is 25.2 Å². The zero-order chi connectivity index (χ0) is 16.0. The van der Waals surface area contributed by atoms with Crippen LogP contribution in [-0.2, 0) is 11.7 Å². The highest BCUT2D eigenvalue weighted by atomic mass is 16.5. The average molecular weight is 292 g/mol. The van der Waals surface area contributed by atoms with Crippen molar-refractivity contribution in [2.45, 2.75) is 45.3 Å². The van der Waals surface area contributed by atoms with Gasteiger partial charge in [0.2, 0.25) is 0 Å². The van der Waals surface area contributed by atoms with E-state index in [1.54, 1.807) is 0 Å². The monoisotopic (exact) mass is 292 g/mol. The summed E-state index contributed by atoms with van der Waals surface area (Å²) >= 11 is 0. The Morgan fingerprint density at radius 3 is 1.95 bits per heavy atom. The van der Waals surface area contributed by atoms with Crippen LogP contribution in [-0.4, -0.2) is 14.5 Å². The van der Waals surface area contributed by atoms with Gasteiger partial charge in [0.25, 0.3) is 0 Å². The lowest BCUT2D eigenvalue weighted by Crippen LogP contribution is -2.18. The van der Waals surface area contributed by atoms with Gasteiger partial charge in [-0.05, 0) is 29.7 Å². The summed E-state index contributed by atoms with van der Waals surface area (Å²) in [5, 5.41) is 0. The lowest BCUT2D eigenvalue weighted by atomic mass is 9.77.